The fraction of sp³-hybridized carbons (Fsp3) is 0.600. The maximum Gasteiger partial charge on any atom is 0.326 e. The van der Waals surface area contributed by atoms with Crippen LogP contribution >= 0.6 is 11.6 Å². The topological polar surface area (TPSA) is 242 Å². The van der Waals surface area contributed by atoms with Gasteiger partial charge in [-0.3, -0.25) is 9.59 Å². The van der Waals surface area contributed by atoms with E-state index in [4.69, 9.17) is 51.2 Å². The highest BCUT2D eigenvalue weighted by molar-refractivity contribution is 6.17. The van der Waals surface area contributed by atoms with Crippen molar-refractivity contribution in [1.82, 2.24) is 20.6 Å². The van der Waals surface area contributed by atoms with Crippen LogP contribution in [0.2, 0.25) is 0 Å². The molecule has 19 heteroatoms. The van der Waals surface area contributed by atoms with Crippen LogP contribution in [-0.4, -0.2) is 143 Å². The summed E-state index contributed by atoms with van der Waals surface area (Å²) in [5.41, 5.74) is 7.78. The minimum atomic E-state index is -1.26. The van der Waals surface area contributed by atoms with E-state index >= 15 is 0 Å². The van der Waals surface area contributed by atoms with Gasteiger partial charge in [0.25, 0.3) is 5.91 Å². The number of rotatable bonds is 36. The molecule has 0 saturated heterocycles. The number of ether oxygens (including phenoxy) is 6. The van der Waals surface area contributed by atoms with E-state index in [1.54, 1.807) is 37.4 Å². The Morgan fingerprint density at radius 3 is 1.93 bits per heavy atom. The predicted octanol–water partition coefficient (Wildman–Crippen LogP) is 3.32. The number of benzene rings is 1. The number of carbonyl (C=O) groups is 3. The number of nitrogens with two attached hydrogens (primary N) is 1. The SMILES string of the molecule is C=C(N)Nc1ncc(CN(C)c2ccc(C(=O)NC(CCC(=O)NCCOCCOCCOCCOCCOCCOCCCCCCCl)C(=O)O)cc2)nc1C(C)=N. The van der Waals surface area contributed by atoms with Crippen LogP contribution < -0.4 is 26.6 Å². The largest absolute Gasteiger partial charge is 0.480 e. The van der Waals surface area contributed by atoms with Crippen molar-refractivity contribution >= 4 is 46.6 Å². The lowest BCUT2D eigenvalue weighted by molar-refractivity contribution is -0.139. The first-order valence-electron chi connectivity index (χ1n) is 19.8. The van der Waals surface area contributed by atoms with Crippen molar-refractivity contribution in [3.63, 3.8) is 0 Å². The zero-order valence-corrected chi connectivity index (χ0v) is 35.2. The number of nitrogens with zero attached hydrogens (tertiary/aromatic N) is 3. The Balaban J connectivity index is 1.51. The standard InChI is InChI=1S/C40H63ClN8O10/c1-30(42)37-38(46-31(2)43)45-28-33(47-37)29-49(3)34-10-8-32(9-11-34)39(51)48-35(40(52)53)12-13-36(50)44-15-17-55-19-21-57-23-25-59-27-26-58-24-22-56-20-18-54-16-7-5-4-6-14-41/h8-11,28,35,42H,2,4-7,12-27,29,43H2,1,3H3,(H,44,50)(H,45,46)(H,48,51)(H,52,53). The zero-order valence-electron chi connectivity index (χ0n) is 34.4. The fourth-order valence-corrected chi connectivity index (χ4v) is 5.38. The molecule has 2 aromatic rings. The molecule has 1 aromatic heterocycles. The highest BCUT2D eigenvalue weighted by atomic mass is 35.5. The van der Waals surface area contributed by atoms with E-state index < -0.39 is 17.9 Å². The third kappa shape index (κ3) is 23.7. The summed E-state index contributed by atoms with van der Waals surface area (Å²) >= 11 is 5.66. The Kier molecular flexibility index (Phi) is 27.1. The first kappa shape index (κ1) is 50.7. The van der Waals surface area contributed by atoms with Gasteiger partial charge in [0.15, 0.2) is 5.82 Å². The van der Waals surface area contributed by atoms with Gasteiger partial charge >= 0.3 is 5.97 Å². The number of nitrogens with one attached hydrogen (secondary N) is 4. The Labute approximate surface area is 352 Å². The Hall–Kier alpha value is -4.43. The molecule has 7 N–H and O–H groups in total. The first-order valence-corrected chi connectivity index (χ1v) is 20.3. The van der Waals surface area contributed by atoms with Gasteiger partial charge in [-0.05, 0) is 50.5 Å². The summed E-state index contributed by atoms with van der Waals surface area (Å²) in [4.78, 5) is 47.8. The third-order valence-corrected chi connectivity index (χ3v) is 8.56. The molecule has 0 aliphatic rings. The summed E-state index contributed by atoms with van der Waals surface area (Å²) in [5, 5.41) is 25.7. The number of carboxylic acids is 1. The molecule has 2 amide bonds. The molecule has 0 aliphatic heterocycles. The molecule has 0 saturated carbocycles. The van der Waals surface area contributed by atoms with Gasteiger partial charge in [-0.2, -0.15) is 0 Å². The lowest BCUT2D eigenvalue weighted by atomic mass is 10.1. The fourth-order valence-electron chi connectivity index (χ4n) is 5.19. The van der Waals surface area contributed by atoms with Gasteiger partial charge in [-0.15, -0.1) is 11.6 Å². The van der Waals surface area contributed by atoms with Crippen molar-refractivity contribution in [1.29, 1.82) is 5.41 Å². The van der Waals surface area contributed by atoms with Crippen molar-refractivity contribution in [3.05, 3.63) is 59.8 Å². The van der Waals surface area contributed by atoms with E-state index in [2.05, 4.69) is 32.5 Å². The molecule has 18 nitrogen and oxygen atoms in total. The van der Waals surface area contributed by atoms with Gasteiger partial charge < -0.3 is 65.5 Å². The molecule has 0 fully saturated rings. The van der Waals surface area contributed by atoms with Gasteiger partial charge in [0.2, 0.25) is 5.91 Å². The molecule has 1 atom stereocenters. The summed E-state index contributed by atoms with van der Waals surface area (Å²) in [6.07, 6.45) is 5.76. The molecule has 1 unspecified atom stereocenters. The Morgan fingerprint density at radius 2 is 1.41 bits per heavy atom. The number of carboxylic acid groups (broad SMARTS) is 1. The number of aromatic nitrogens is 2. The molecule has 0 aliphatic carbocycles. The monoisotopic (exact) mass is 850 g/mol. The molecule has 0 bridgehead atoms. The minimum Gasteiger partial charge on any atom is -0.480 e. The Morgan fingerprint density at radius 1 is 0.864 bits per heavy atom. The van der Waals surface area contributed by atoms with E-state index in [0.29, 0.717) is 89.8 Å². The van der Waals surface area contributed by atoms with E-state index in [1.807, 2.05) is 11.9 Å². The number of hydrogen-bond acceptors (Lipinski definition) is 15. The van der Waals surface area contributed by atoms with E-state index in [0.717, 1.165) is 43.9 Å². The van der Waals surface area contributed by atoms with Crippen LogP contribution in [0.15, 0.2) is 42.9 Å². The van der Waals surface area contributed by atoms with Crippen LogP contribution in [0.1, 0.15) is 67.2 Å². The molecular weight excluding hydrogens is 788 g/mol. The third-order valence-electron chi connectivity index (χ3n) is 8.29. The quantitative estimate of drug-likeness (QED) is 0.0327. The molecule has 1 heterocycles. The lowest BCUT2D eigenvalue weighted by Crippen LogP contribution is -2.41. The van der Waals surface area contributed by atoms with Gasteiger partial charge in [0.05, 0.1) is 103 Å². The Bertz CT molecular complexity index is 1540. The predicted molar refractivity (Wildman–Crippen MR) is 225 cm³/mol. The van der Waals surface area contributed by atoms with Crippen LogP contribution in [0, 0.1) is 5.41 Å². The second-order valence-corrected chi connectivity index (χ2v) is 13.6. The molecule has 0 radical (unpaired) electrons. The average molecular weight is 851 g/mol. The molecule has 0 spiro atoms. The van der Waals surface area contributed by atoms with Crippen molar-refractivity contribution < 1.29 is 47.9 Å². The van der Waals surface area contributed by atoms with Crippen molar-refractivity contribution in [2.45, 2.75) is 58.0 Å². The van der Waals surface area contributed by atoms with Crippen LogP contribution in [0.3, 0.4) is 0 Å². The van der Waals surface area contributed by atoms with E-state index in [1.165, 1.54) is 0 Å². The van der Waals surface area contributed by atoms with Crippen LogP contribution in [0.4, 0.5) is 11.5 Å². The summed E-state index contributed by atoms with van der Waals surface area (Å²) in [6.45, 7) is 11.4. The maximum absolute atomic E-state index is 12.9. The number of halogens is 1. The molecule has 1 aromatic carbocycles. The molecule has 330 valence electrons. The van der Waals surface area contributed by atoms with Crippen molar-refractivity contribution in [2.75, 3.05) is 109 Å². The minimum absolute atomic E-state index is 0.0936. The van der Waals surface area contributed by atoms with Crippen LogP contribution in [-0.2, 0) is 44.6 Å². The number of anilines is 2. The number of carbonyl (C=O) groups excluding carboxylic acids is 2. The van der Waals surface area contributed by atoms with Gasteiger partial charge in [-0.1, -0.05) is 19.4 Å². The molecular formula is C40H63ClN8O10. The number of hydrogen-bond donors (Lipinski definition) is 6. The number of unbranched alkanes of at least 4 members (excludes halogenated alkanes) is 3. The van der Waals surface area contributed by atoms with E-state index in [-0.39, 0.29) is 49.0 Å². The lowest BCUT2D eigenvalue weighted by Gasteiger charge is -2.20. The second-order valence-electron chi connectivity index (χ2n) is 13.3. The second kappa shape index (κ2) is 31.5. The summed E-state index contributed by atoms with van der Waals surface area (Å²) in [6, 6.07) is 5.33. The highest BCUT2D eigenvalue weighted by Crippen LogP contribution is 2.18. The zero-order chi connectivity index (χ0) is 43.1. The van der Waals surface area contributed by atoms with Gasteiger partial charge in [0, 0.05) is 43.8 Å². The number of aliphatic carboxylic acids is 1. The van der Waals surface area contributed by atoms with Crippen molar-refractivity contribution in [2.24, 2.45) is 5.73 Å². The maximum atomic E-state index is 12.9. The normalized spacial score (nSPS) is 11.5. The highest BCUT2D eigenvalue weighted by Gasteiger charge is 2.22. The first-order chi connectivity index (χ1) is 28.5. The summed E-state index contributed by atoms with van der Waals surface area (Å²) in [7, 11) is 1.83. The van der Waals surface area contributed by atoms with Gasteiger partial charge in [-0.25, -0.2) is 14.8 Å². The van der Waals surface area contributed by atoms with Crippen molar-refractivity contribution in [3.8, 4) is 0 Å². The van der Waals surface area contributed by atoms with Crippen LogP contribution in [0.25, 0.3) is 0 Å². The summed E-state index contributed by atoms with van der Waals surface area (Å²) in [5.74, 6) is -0.957. The molecule has 59 heavy (non-hydrogen) atoms. The number of alkyl halides is 1. The number of amides is 2. The smallest absolute Gasteiger partial charge is 0.326 e. The van der Waals surface area contributed by atoms with Gasteiger partial charge in [0.1, 0.15) is 11.7 Å². The van der Waals surface area contributed by atoms with Crippen LogP contribution in [0.5, 0.6) is 0 Å². The average Bonchev–Trinajstić information content (AvgIpc) is 3.21. The molecule has 2 rings (SSSR count). The summed E-state index contributed by atoms with van der Waals surface area (Å²) < 4.78 is 32.9. The van der Waals surface area contributed by atoms with E-state index in [9.17, 15) is 19.5 Å².